The van der Waals surface area contributed by atoms with E-state index in [1.807, 2.05) is 38.1 Å². The largest absolute Gasteiger partial charge is 0.494 e. The van der Waals surface area contributed by atoms with Gasteiger partial charge in [-0.2, -0.15) is 0 Å². The second-order valence-electron chi connectivity index (χ2n) is 5.06. The van der Waals surface area contributed by atoms with Crippen LogP contribution < -0.4 is 15.6 Å². The van der Waals surface area contributed by atoms with E-state index in [4.69, 9.17) is 4.74 Å². The van der Waals surface area contributed by atoms with Crippen molar-refractivity contribution in [2.45, 2.75) is 18.7 Å². The maximum atomic E-state index is 12.0. The number of carbonyl (C=O) groups excluding carboxylic acids is 2. The van der Waals surface area contributed by atoms with Gasteiger partial charge in [0.15, 0.2) is 0 Å². The molecule has 0 atom stereocenters. The van der Waals surface area contributed by atoms with Gasteiger partial charge in [0, 0.05) is 10.5 Å². The molecule has 5 nitrogen and oxygen atoms in total. The lowest BCUT2D eigenvalue weighted by molar-refractivity contribution is -0.119. The average Bonchev–Trinajstić information content (AvgIpc) is 2.60. The Morgan fingerprint density at radius 2 is 1.67 bits per heavy atom. The SMILES string of the molecule is CCOc1ccc(C(=O)NNC(=O)CSc2ccc(C)cc2)cc1. The monoisotopic (exact) mass is 344 g/mol. The third-order valence-electron chi connectivity index (χ3n) is 3.13. The highest BCUT2D eigenvalue weighted by atomic mass is 32.2. The number of carbonyl (C=O) groups is 2. The molecule has 126 valence electrons. The van der Waals surface area contributed by atoms with Crippen molar-refractivity contribution in [1.82, 2.24) is 10.9 Å². The maximum Gasteiger partial charge on any atom is 0.269 e. The average molecular weight is 344 g/mol. The highest BCUT2D eigenvalue weighted by Crippen LogP contribution is 2.17. The molecule has 2 aromatic rings. The molecule has 2 aromatic carbocycles. The van der Waals surface area contributed by atoms with Crippen LogP contribution in [0.15, 0.2) is 53.4 Å². The number of benzene rings is 2. The van der Waals surface area contributed by atoms with E-state index in [9.17, 15) is 9.59 Å². The smallest absolute Gasteiger partial charge is 0.269 e. The fourth-order valence-electron chi connectivity index (χ4n) is 1.89. The molecule has 2 N–H and O–H groups in total. The first-order valence-electron chi connectivity index (χ1n) is 7.60. The first-order chi connectivity index (χ1) is 11.6. The van der Waals surface area contributed by atoms with Crippen LogP contribution in [0.3, 0.4) is 0 Å². The minimum Gasteiger partial charge on any atom is -0.494 e. The van der Waals surface area contributed by atoms with Gasteiger partial charge in [-0.05, 0) is 50.2 Å². The fraction of sp³-hybridized carbons (Fsp3) is 0.222. The minimum atomic E-state index is -0.369. The van der Waals surface area contributed by atoms with E-state index in [-0.39, 0.29) is 17.6 Å². The lowest BCUT2D eigenvalue weighted by Gasteiger charge is -2.08. The van der Waals surface area contributed by atoms with Crippen LogP contribution in [0, 0.1) is 6.92 Å². The van der Waals surface area contributed by atoms with Gasteiger partial charge in [0.2, 0.25) is 5.91 Å². The molecule has 0 aromatic heterocycles. The van der Waals surface area contributed by atoms with Crippen molar-refractivity contribution in [1.29, 1.82) is 0 Å². The van der Waals surface area contributed by atoms with Gasteiger partial charge >= 0.3 is 0 Å². The van der Waals surface area contributed by atoms with Crippen molar-refractivity contribution in [2.24, 2.45) is 0 Å². The van der Waals surface area contributed by atoms with Crippen LogP contribution in [0.5, 0.6) is 5.75 Å². The van der Waals surface area contributed by atoms with Crippen molar-refractivity contribution < 1.29 is 14.3 Å². The summed E-state index contributed by atoms with van der Waals surface area (Å²) in [5, 5.41) is 0. The van der Waals surface area contributed by atoms with E-state index in [0.29, 0.717) is 17.9 Å². The van der Waals surface area contributed by atoms with Crippen LogP contribution in [0.4, 0.5) is 0 Å². The van der Waals surface area contributed by atoms with Gasteiger partial charge in [-0.1, -0.05) is 17.7 Å². The first-order valence-corrected chi connectivity index (χ1v) is 8.58. The summed E-state index contributed by atoms with van der Waals surface area (Å²) in [5.74, 6) is 0.297. The predicted octanol–water partition coefficient (Wildman–Crippen LogP) is 2.95. The van der Waals surface area contributed by atoms with Gasteiger partial charge in [0.25, 0.3) is 5.91 Å². The van der Waals surface area contributed by atoms with Gasteiger partial charge < -0.3 is 4.74 Å². The quantitative estimate of drug-likeness (QED) is 0.624. The lowest BCUT2D eigenvalue weighted by Crippen LogP contribution is -2.42. The summed E-state index contributed by atoms with van der Waals surface area (Å²) in [4.78, 5) is 24.8. The summed E-state index contributed by atoms with van der Waals surface area (Å²) < 4.78 is 5.32. The normalized spacial score (nSPS) is 10.1. The second kappa shape index (κ2) is 8.98. The summed E-state index contributed by atoms with van der Waals surface area (Å²) >= 11 is 1.41. The van der Waals surface area contributed by atoms with E-state index in [2.05, 4.69) is 10.9 Å². The van der Waals surface area contributed by atoms with Gasteiger partial charge in [0.05, 0.1) is 12.4 Å². The number of hydrogen-bond acceptors (Lipinski definition) is 4. The van der Waals surface area contributed by atoms with Crippen LogP contribution in [0.2, 0.25) is 0 Å². The number of aryl methyl sites for hydroxylation is 1. The summed E-state index contributed by atoms with van der Waals surface area (Å²) in [5.41, 5.74) is 6.44. The van der Waals surface area contributed by atoms with Crippen molar-refractivity contribution in [3.05, 3.63) is 59.7 Å². The zero-order valence-electron chi connectivity index (χ0n) is 13.7. The van der Waals surface area contributed by atoms with Crippen LogP contribution in [-0.4, -0.2) is 24.2 Å². The van der Waals surface area contributed by atoms with E-state index >= 15 is 0 Å². The maximum absolute atomic E-state index is 12.0. The zero-order chi connectivity index (χ0) is 17.4. The molecule has 24 heavy (non-hydrogen) atoms. The van der Waals surface area contributed by atoms with Crippen LogP contribution in [0.1, 0.15) is 22.8 Å². The lowest BCUT2D eigenvalue weighted by atomic mass is 10.2. The third-order valence-corrected chi connectivity index (χ3v) is 4.15. The molecule has 2 rings (SSSR count). The van der Waals surface area contributed by atoms with Gasteiger partial charge in [-0.15, -0.1) is 11.8 Å². The summed E-state index contributed by atoms with van der Waals surface area (Å²) in [6.45, 7) is 4.47. The van der Waals surface area contributed by atoms with Crippen LogP contribution >= 0.6 is 11.8 Å². The van der Waals surface area contributed by atoms with Gasteiger partial charge in [0.1, 0.15) is 5.75 Å². The predicted molar refractivity (Wildman–Crippen MR) is 95.1 cm³/mol. The number of thioether (sulfide) groups is 1. The topological polar surface area (TPSA) is 67.4 Å². The molecule has 0 aliphatic heterocycles. The Morgan fingerprint density at radius 1 is 1.00 bits per heavy atom. The van der Waals surface area contributed by atoms with Gasteiger partial charge in [-0.3, -0.25) is 20.4 Å². The molecular formula is C18H20N2O3S. The Labute approximate surface area is 145 Å². The standard InChI is InChI=1S/C18H20N2O3S/c1-3-23-15-8-6-14(7-9-15)18(22)20-19-17(21)12-24-16-10-4-13(2)5-11-16/h4-11H,3,12H2,1-2H3,(H,19,21)(H,20,22). The van der Waals surface area contributed by atoms with Crippen molar-refractivity contribution >= 4 is 23.6 Å². The highest BCUT2D eigenvalue weighted by Gasteiger charge is 2.08. The number of ether oxygens (including phenoxy) is 1. The Bertz CT molecular complexity index is 684. The van der Waals surface area contributed by atoms with E-state index in [0.717, 1.165) is 4.90 Å². The Morgan fingerprint density at radius 3 is 2.29 bits per heavy atom. The van der Waals surface area contributed by atoms with Crippen molar-refractivity contribution in [3.63, 3.8) is 0 Å². The third kappa shape index (κ3) is 5.62. The number of nitrogens with one attached hydrogen (secondary N) is 2. The molecular weight excluding hydrogens is 324 g/mol. The van der Waals surface area contributed by atoms with Crippen molar-refractivity contribution in [2.75, 3.05) is 12.4 Å². The molecule has 0 aliphatic rings. The molecule has 0 aliphatic carbocycles. The molecule has 6 heteroatoms. The van der Waals surface area contributed by atoms with E-state index < -0.39 is 0 Å². The number of hydrazine groups is 1. The number of rotatable bonds is 6. The number of hydrogen-bond donors (Lipinski definition) is 2. The Hall–Kier alpha value is -2.47. The summed E-state index contributed by atoms with van der Waals surface area (Å²) in [6.07, 6.45) is 0. The van der Waals surface area contributed by atoms with Crippen LogP contribution in [-0.2, 0) is 4.79 Å². The second-order valence-corrected chi connectivity index (χ2v) is 6.11. The highest BCUT2D eigenvalue weighted by molar-refractivity contribution is 8.00. The van der Waals surface area contributed by atoms with E-state index in [1.165, 1.54) is 17.3 Å². The molecule has 0 radical (unpaired) electrons. The summed E-state index contributed by atoms with van der Waals surface area (Å²) in [7, 11) is 0. The first kappa shape index (κ1) is 17.9. The van der Waals surface area contributed by atoms with Crippen molar-refractivity contribution in [3.8, 4) is 5.75 Å². The molecule has 0 bridgehead atoms. The zero-order valence-corrected chi connectivity index (χ0v) is 14.5. The molecule has 0 saturated carbocycles. The van der Waals surface area contributed by atoms with Gasteiger partial charge in [-0.25, -0.2) is 0 Å². The Kier molecular flexibility index (Phi) is 6.69. The molecule has 0 unspecified atom stereocenters. The fourth-order valence-corrected chi connectivity index (χ4v) is 2.59. The minimum absolute atomic E-state index is 0.229. The number of amides is 2. The molecule has 2 amide bonds. The molecule has 0 saturated heterocycles. The molecule has 0 spiro atoms. The molecule has 0 fully saturated rings. The van der Waals surface area contributed by atoms with E-state index in [1.54, 1.807) is 24.3 Å². The Balaban J connectivity index is 1.76. The summed E-state index contributed by atoms with van der Waals surface area (Å²) in [6, 6.07) is 14.6. The van der Waals surface area contributed by atoms with Crippen LogP contribution in [0.25, 0.3) is 0 Å². The molecule has 0 heterocycles.